The summed E-state index contributed by atoms with van der Waals surface area (Å²) in [5.41, 5.74) is -1.88. The van der Waals surface area contributed by atoms with Crippen molar-refractivity contribution >= 4 is 72.2 Å². The van der Waals surface area contributed by atoms with E-state index >= 15 is 17.6 Å². The van der Waals surface area contributed by atoms with Crippen LogP contribution >= 0.6 is 0 Å². The molecule has 18 heteroatoms. The van der Waals surface area contributed by atoms with Crippen LogP contribution in [-0.4, -0.2) is 51.6 Å². The van der Waals surface area contributed by atoms with Crippen molar-refractivity contribution in [2.24, 2.45) is 30.0 Å². The number of hydrogen-bond acceptors (Lipinski definition) is 6. The fourth-order valence-electron chi connectivity index (χ4n) is 6.47. The molecule has 6 bridgehead atoms. The molecule has 0 saturated carbocycles. The molecule has 6 aromatic rings. The number of aromatic nitrogens is 2. The van der Waals surface area contributed by atoms with Crippen molar-refractivity contribution in [1.82, 2.24) is 7.10 Å². The number of aliphatic imine (C=N–C) groups is 4. The van der Waals surface area contributed by atoms with E-state index in [9.17, 15) is 17.6 Å². The Kier molecular flexibility index (Phi) is 6.11. The second kappa shape index (κ2) is 10.1. The maximum absolute atomic E-state index is 15.4. The molecule has 0 spiro atoms. The van der Waals surface area contributed by atoms with Gasteiger partial charge in [0.2, 0.25) is 0 Å². The van der Waals surface area contributed by atoms with E-state index in [2.05, 4.69) is 30.0 Å². The molecule has 1 radical (unpaired) electrons. The summed E-state index contributed by atoms with van der Waals surface area (Å²) in [6.07, 6.45) is 0. The lowest BCUT2D eigenvalue weighted by molar-refractivity contribution is 0.511. The van der Waals surface area contributed by atoms with Crippen molar-refractivity contribution in [2.45, 2.75) is 0 Å². The Hall–Kier alpha value is -5.83. The monoisotopic (exact) mass is 701 g/mol. The molecule has 0 aliphatic carbocycles. The van der Waals surface area contributed by atoms with E-state index in [4.69, 9.17) is 0 Å². The summed E-state index contributed by atoms with van der Waals surface area (Å²) < 4.78 is 124. The van der Waals surface area contributed by atoms with Gasteiger partial charge >= 0.3 is 15.7 Å². The van der Waals surface area contributed by atoms with Crippen LogP contribution in [0.4, 0.5) is 46.8 Å². The van der Waals surface area contributed by atoms with Gasteiger partial charge in [0, 0.05) is 21.5 Å². The first-order valence-electron chi connectivity index (χ1n) is 14.2. The minimum atomic E-state index is -1.56. The van der Waals surface area contributed by atoms with Crippen LogP contribution in [0.2, 0.25) is 0 Å². The van der Waals surface area contributed by atoms with Crippen LogP contribution in [0.25, 0.3) is 21.5 Å². The molecule has 0 unspecified atom stereocenters. The molecular weight excluding hydrogens is 691 g/mol. The van der Waals surface area contributed by atoms with Crippen LogP contribution in [0.5, 0.6) is 0 Å². The Bertz CT molecular complexity index is 2720. The Balaban J connectivity index is 0.00000336. The predicted octanol–water partition coefficient (Wildman–Crippen LogP) is 4.76. The van der Waals surface area contributed by atoms with Crippen molar-refractivity contribution in [3.8, 4) is 0 Å². The maximum Gasteiger partial charge on any atom is 0.568 e. The number of rotatable bonds is 0. The second-order valence-electron chi connectivity index (χ2n) is 11.3. The summed E-state index contributed by atoms with van der Waals surface area (Å²) in [4.78, 5) is 26.7. The molecule has 2 N–H and O–H groups in total. The van der Waals surface area contributed by atoms with Gasteiger partial charge < -0.3 is 12.6 Å². The average Bonchev–Trinajstić information content (AvgIpc) is 3.76. The van der Waals surface area contributed by atoms with Gasteiger partial charge in [-0.05, 0) is 48.5 Å². The molecule has 0 amide bonds. The van der Waals surface area contributed by atoms with E-state index in [1.54, 1.807) is 0 Å². The summed E-state index contributed by atoms with van der Waals surface area (Å²) in [5, 5.41) is -0.248. The third-order valence-corrected chi connectivity index (χ3v) is 10.0. The van der Waals surface area contributed by atoms with Crippen LogP contribution in [0, 0.1) is 46.5 Å². The number of amidine groups is 4. The van der Waals surface area contributed by atoms with Crippen LogP contribution in [0.1, 0.15) is 22.3 Å². The van der Waals surface area contributed by atoms with E-state index < -0.39 is 84.5 Å². The number of hydrogen-bond donors (Lipinski definition) is 0. The summed E-state index contributed by atoms with van der Waals surface area (Å²) in [6.45, 7) is 0. The van der Waals surface area contributed by atoms with Crippen LogP contribution in [-0.2, 0) is 0 Å². The van der Waals surface area contributed by atoms with Crippen LogP contribution < -0.4 is 11.0 Å². The summed E-state index contributed by atoms with van der Waals surface area (Å²) in [5.74, 6) is -10.7. The number of benzene rings is 4. The van der Waals surface area contributed by atoms with E-state index in [1.807, 2.05) is 0 Å². The third kappa shape index (κ3) is 3.86. The van der Waals surface area contributed by atoms with E-state index in [1.165, 1.54) is 7.10 Å². The predicted molar refractivity (Wildman–Crippen MR) is 164 cm³/mol. The first-order valence-corrected chi connectivity index (χ1v) is 15.3. The van der Waals surface area contributed by atoms with Crippen LogP contribution in [0.15, 0.2) is 78.5 Å². The number of nitrogens with zero attached hydrogens (tertiary/aromatic N) is 8. The summed E-state index contributed by atoms with van der Waals surface area (Å²) in [7, 11) is 0. The smallest absolute Gasteiger partial charge is 0.412 e. The van der Waals surface area contributed by atoms with Gasteiger partial charge in [-0.1, -0.05) is 0 Å². The van der Waals surface area contributed by atoms with Gasteiger partial charge in [-0.25, -0.2) is 65.1 Å². The zero-order valence-corrected chi connectivity index (χ0v) is 25.5. The summed E-state index contributed by atoms with van der Waals surface area (Å²) >= 11 is -1.56. The highest BCUT2D eigenvalue weighted by molar-refractivity contribution is 6.37. The van der Waals surface area contributed by atoms with Crippen molar-refractivity contribution in [3.63, 3.8) is 0 Å². The summed E-state index contributed by atoms with van der Waals surface area (Å²) in [6, 6.07) is 6.70. The van der Waals surface area contributed by atoms with Gasteiger partial charge in [0.1, 0.15) is 45.9 Å². The highest BCUT2D eigenvalue weighted by Crippen LogP contribution is 2.41. The second-order valence-corrected chi connectivity index (χ2v) is 12.6. The molecule has 4 aromatic carbocycles. The topological polar surface area (TPSA) is 116 Å². The molecular formula is C32H10AlF8N8O. The Labute approximate surface area is 277 Å². The molecule has 2 aromatic heterocycles. The molecule has 0 atom stereocenters. The van der Waals surface area contributed by atoms with E-state index in [-0.39, 0.29) is 73.0 Å². The fraction of sp³-hybridized carbons (Fsp3) is 0. The molecule has 243 valence electrons. The number of fused-ring (bicyclic) bond motifs is 14. The lowest BCUT2D eigenvalue weighted by Gasteiger charge is -2.11. The molecule has 4 aliphatic heterocycles. The van der Waals surface area contributed by atoms with Crippen molar-refractivity contribution < 1.29 is 40.6 Å². The van der Waals surface area contributed by atoms with Gasteiger partial charge in [0.15, 0.2) is 46.6 Å². The average molecular weight is 701 g/mol. The molecule has 10 rings (SSSR count). The highest BCUT2D eigenvalue weighted by atomic mass is 27.1. The van der Waals surface area contributed by atoms with Gasteiger partial charge in [-0.2, -0.15) is 0 Å². The van der Waals surface area contributed by atoms with Gasteiger partial charge in [-0.3, -0.25) is 0 Å². The first-order chi connectivity index (χ1) is 23.6. The van der Waals surface area contributed by atoms with Crippen LogP contribution in [0.3, 0.4) is 0 Å². The Morgan fingerprint density at radius 2 is 0.700 bits per heavy atom. The molecule has 9 nitrogen and oxygen atoms in total. The van der Waals surface area contributed by atoms with Crippen molar-refractivity contribution in [2.75, 3.05) is 0 Å². The lowest BCUT2D eigenvalue weighted by Crippen LogP contribution is -2.36. The van der Waals surface area contributed by atoms with Gasteiger partial charge in [0.05, 0.1) is 22.3 Å². The standard InChI is InChI=1S/C32H8F8N8.Al.H2O/c33-13-1-2-14(34)22-21(13)29-43-25-9-5-17(37)18(38)6-10(9)27(41-25)45-31-23-15(35)3-4-16(36)24(23)32(48-31)46-28-12-8-20(40)19(39)7-11(12)26(42-28)44-30(22)47-29;;/h1-8H;;1H2/q-2;+2;. The molecule has 50 heavy (non-hydrogen) atoms. The highest BCUT2D eigenvalue weighted by Gasteiger charge is 2.35. The SMILES string of the molecule is Fc1cc2c3[n]4c(c2cc1F)N=C1N=C(N=c2c5cc(F)c(F)cc5c([n]2[Al]4)=NC2=NC(=N3)c3c(F)ccc(F)c32)c2c(F)ccc(F)c21.O. The first kappa shape index (κ1) is 30.2. The fourth-order valence-corrected chi connectivity index (χ4v) is 7.93. The van der Waals surface area contributed by atoms with Crippen molar-refractivity contribution in [1.29, 1.82) is 0 Å². The quantitative estimate of drug-likeness (QED) is 0.161. The Morgan fingerprint density at radius 1 is 0.380 bits per heavy atom. The van der Waals surface area contributed by atoms with Crippen molar-refractivity contribution in [3.05, 3.63) is 128 Å². The van der Waals surface area contributed by atoms with E-state index in [0.29, 0.717) is 0 Å². The van der Waals surface area contributed by atoms with Gasteiger partial charge in [-0.15, -0.1) is 0 Å². The molecule has 6 heterocycles. The molecule has 0 fully saturated rings. The zero-order valence-electron chi connectivity index (χ0n) is 24.3. The Morgan fingerprint density at radius 3 is 1.06 bits per heavy atom. The van der Waals surface area contributed by atoms with Gasteiger partial charge in [0.25, 0.3) is 0 Å². The molecule has 4 aliphatic rings. The largest absolute Gasteiger partial charge is 0.568 e. The zero-order chi connectivity index (χ0) is 33.6. The number of halogens is 8. The third-order valence-electron chi connectivity index (χ3n) is 8.60. The minimum absolute atomic E-state index is 0. The minimum Gasteiger partial charge on any atom is -0.412 e. The molecule has 0 saturated heterocycles. The van der Waals surface area contributed by atoms with E-state index in [0.717, 1.165) is 48.5 Å². The lowest BCUT2D eigenvalue weighted by atomic mass is 10.1. The maximum atomic E-state index is 15.4. The normalized spacial score (nSPS) is 14.8.